The number of benzene rings is 2. The summed E-state index contributed by atoms with van der Waals surface area (Å²) in [7, 11) is 0. The Morgan fingerprint density at radius 2 is 1.82 bits per heavy atom. The van der Waals surface area contributed by atoms with Gasteiger partial charge in [-0.15, -0.1) is 0 Å². The minimum atomic E-state index is -1.94. The number of rotatable bonds is 10. The molecule has 4 heterocycles. The van der Waals surface area contributed by atoms with Crippen LogP contribution in [0.3, 0.4) is 0 Å². The monoisotopic (exact) mass is 685 g/mol. The summed E-state index contributed by atoms with van der Waals surface area (Å²) in [5.41, 5.74) is 8.26. The lowest BCUT2D eigenvalue weighted by Crippen LogP contribution is -2.50. The molecule has 50 heavy (non-hydrogen) atoms. The highest BCUT2D eigenvalue weighted by atomic mass is 19.1. The van der Waals surface area contributed by atoms with Crippen molar-refractivity contribution in [3.63, 3.8) is 0 Å². The van der Waals surface area contributed by atoms with Gasteiger partial charge in [-0.05, 0) is 61.1 Å². The predicted molar refractivity (Wildman–Crippen MR) is 184 cm³/mol. The van der Waals surface area contributed by atoms with E-state index in [4.69, 9.17) is 20.2 Å². The number of nitrogens with zero attached hydrogens (tertiary/aromatic N) is 2. The van der Waals surface area contributed by atoms with Gasteiger partial charge in [0.15, 0.2) is 17.2 Å². The molecule has 0 saturated heterocycles. The van der Waals surface area contributed by atoms with Gasteiger partial charge in [-0.25, -0.2) is 14.2 Å². The van der Waals surface area contributed by atoms with Crippen LogP contribution in [0.1, 0.15) is 68.9 Å². The number of aromatic nitrogens is 2. The van der Waals surface area contributed by atoms with E-state index in [9.17, 15) is 24.3 Å². The molecule has 2 amide bonds. The molecule has 0 saturated carbocycles. The molecule has 2 aromatic carbocycles. The summed E-state index contributed by atoms with van der Waals surface area (Å²) in [6.45, 7) is 8.89. The maximum atomic E-state index is 15.5. The largest absolute Gasteiger partial charge is 0.486 e. The van der Waals surface area contributed by atoms with E-state index in [-0.39, 0.29) is 54.5 Å². The topological polar surface area (TPSA) is 175 Å². The van der Waals surface area contributed by atoms with Crippen molar-refractivity contribution in [1.29, 1.82) is 0 Å². The molecule has 3 atom stereocenters. The number of anilines is 1. The molecule has 0 spiro atoms. The fraction of sp³-hybridized carbons (Fsp3) is 0.378. The van der Waals surface area contributed by atoms with Crippen molar-refractivity contribution in [3.05, 3.63) is 86.5 Å². The van der Waals surface area contributed by atoms with Gasteiger partial charge in [0.05, 0.1) is 35.1 Å². The smallest absolute Gasteiger partial charge is 0.343 e. The van der Waals surface area contributed by atoms with E-state index >= 15 is 4.39 Å². The van der Waals surface area contributed by atoms with E-state index in [0.29, 0.717) is 34.4 Å². The zero-order chi connectivity index (χ0) is 36.1. The number of carbonyl (C=O) groups excluding carboxylic acids is 3. The number of fused-ring (bicyclic) bond motifs is 5. The SMILES string of the molecule is CCc1c2c(nc3cc(F)c(OCc4ccc(NC(=O)[C@H](C)NC(=O)[C@@H](N)C(C)C)cc4)cc13)-c1cc3c(c(=O)n1C2)COC(=O)[C@]3(O)CC. The Bertz CT molecular complexity index is 2100. The van der Waals surface area contributed by atoms with Crippen LogP contribution >= 0.6 is 0 Å². The van der Waals surface area contributed by atoms with Crippen LogP contribution in [0.2, 0.25) is 0 Å². The number of ether oxygens (including phenoxy) is 2. The molecule has 0 radical (unpaired) electrons. The quantitative estimate of drug-likeness (QED) is 0.160. The van der Waals surface area contributed by atoms with Gasteiger partial charge in [-0.3, -0.25) is 14.4 Å². The molecule has 6 rings (SSSR count). The van der Waals surface area contributed by atoms with Gasteiger partial charge in [0.1, 0.15) is 19.3 Å². The summed E-state index contributed by atoms with van der Waals surface area (Å²) in [6, 6.07) is 9.90. The Kier molecular flexibility index (Phi) is 9.23. The number of nitrogens with two attached hydrogens (primary N) is 1. The predicted octanol–water partition coefficient (Wildman–Crippen LogP) is 3.79. The fourth-order valence-electron chi connectivity index (χ4n) is 6.45. The van der Waals surface area contributed by atoms with Crippen LogP contribution in [-0.2, 0) is 50.9 Å². The Labute approximate surface area is 287 Å². The first-order chi connectivity index (χ1) is 23.8. The zero-order valence-electron chi connectivity index (χ0n) is 28.6. The van der Waals surface area contributed by atoms with Crippen molar-refractivity contribution in [2.45, 2.75) is 84.9 Å². The first-order valence-corrected chi connectivity index (χ1v) is 16.7. The maximum Gasteiger partial charge on any atom is 0.343 e. The molecule has 12 nitrogen and oxygen atoms in total. The third-order valence-corrected chi connectivity index (χ3v) is 9.60. The van der Waals surface area contributed by atoms with Gasteiger partial charge in [0.25, 0.3) is 5.56 Å². The number of esters is 1. The molecule has 0 unspecified atom stereocenters. The number of aryl methyl sites for hydroxylation is 1. The second-order valence-electron chi connectivity index (χ2n) is 13.1. The van der Waals surface area contributed by atoms with Gasteiger partial charge in [-0.2, -0.15) is 0 Å². The lowest BCUT2D eigenvalue weighted by atomic mass is 9.86. The second-order valence-corrected chi connectivity index (χ2v) is 13.1. The number of halogens is 1. The van der Waals surface area contributed by atoms with Gasteiger partial charge in [-0.1, -0.05) is 39.8 Å². The zero-order valence-corrected chi connectivity index (χ0v) is 28.6. The number of amides is 2. The highest BCUT2D eigenvalue weighted by Gasteiger charge is 2.45. The molecule has 0 bridgehead atoms. The molecule has 13 heteroatoms. The van der Waals surface area contributed by atoms with Gasteiger partial charge in [0, 0.05) is 28.3 Å². The van der Waals surface area contributed by atoms with E-state index in [1.54, 1.807) is 54.8 Å². The molecular formula is C37H40FN5O7. The van der Waals surface area contributed by atoms with Crippen LogP contribution in [0, 0.1) is 11.7 Å². The molecule has 262 valence electrons. The van der Waals surface area contributed by atoms with Crippen molar-refractivity contribution in [3.8, 4) is 17.1 Å². The molecule has 2 aliphatic rings. The van der Waals surface area contributed by atoms with Crippen LogP contribution in [0.15, 0.2) is 47.3 Å². The van der Waals surface area contributed by atoms with Gasteiger partial charge < -0.3 is 35.5 Å². The van der Waals surface area contributed by atoms with E-state index in [2.05, 4.69) is 10.6 Å². The number of hydrogen-bond acceptors (Lipinski definition) is 9. The fourth-order valence-corrected chi connectivity index (χ4v) is 6.45. The highest BCUT2D eigenvalue weighted by molar-refractivity contribution is 5.97. The van der Waals surface area contributed by atoms with Crippen molar-refractivity contribution in [2.75, 3.05) is 5.32 Å². The number of nitrogens with one attached hydrogen (secondary N) is 2. The van der Waals surface area contributed by atoms with Crippen LogP contribution in [0.5, 0.6) is 5.75 Å². The third-order valence-electron chi connectivity index (χ3n) is 9.60. The average Bonchev–Trinajstić information content (AvgIpc) is 3.46. The maximum absolute atomic E-state index is 15.5. The van der Waals surface area contributed by atoms with Crippen molar-refractivity contribution >= 4 is 34.4 Å². The number of pyridine rings is 2. The number of cyclic esters (lactones) is 1. The summed E-state index contributed by atoms with van der Waals surface area (Å²) in [4.78, 5) is 55.7. The van der Waals surface area contributed by atoms with Gasteiger partial charge in [0.2, 0.25) is 11.8 Å². The lowest BCUT2D eigenvalue weighted by Gasteiger charge is -2.31. The van der Waals surface area contributed by atoms with Crippen molar-refractivity contribution in [2.24, 2.45) is 11.7 Å². The Morgan fingerprint density at radius 3 is 2.48 bits per heavy atom. The minimum absolute atomic E-state index is 0.0299. The van der Waals surface area contributed by atoms with E-state index in [1.807, 2.05) is 20.8 Å². The van der Waals surface area contributed by atoms with Crippen LogP contribution in [0.4, 0.5) is 10.1 Å². The summed E-state index contributed by atoms with van der Waals surface area (Å²) in [6.07, 6.45) is 0.596. The molecular weight excluding hydrogens is 645 g/mol. The summed E-state index contributed by atoms with van der Waals surface area (Å²) in [5.74, 6) is -2.26. The first-order valence-electron chi connectivity index (χ1n) is 16.7. The Hall–Kier alpha value is -5.14. The van der Waals surface area contributed by atoms with E-state index in [0.717, 1.165) is 16.7 Å². The summed E-state index contributed by atoms with van der Waals surface area (Å²) in [5, 5.41) is 17.2. The van der Waals surface area contributed by atoms with Crippen LogP contribution in [0.25, 0.3) is 22.3 Å². The molecule has 2 aliphatic heterocycles. The molecule has 4 aromatic rings. The van der Waals surface area contributed by atoms with Gasteiger partial charge >= 0.3 is 5.97 Å². The first kappa shape index (κ1) is 34.7. The average molecular weight is 686 g/mol. The van der Waals surface area contributed by atoms with Crippen LogP contribution in [-0.4, -0.2) is 44.5 Å². The minimum Gasteiger partial charge on any atom is -0.486 e. The van der Waals surface area contributed by atoms with Crippen molar-refractivity contribution in [1.82, 2.24) is 14.9 Å². The molecule has 0 aliphatic carbocycles. The van der Waals surface area contributed by atoms with E-state index < -0.39 is 41.3 Å². The third kappa shape index (κ3) is 6.00. The Morgan fingerprint density at radius 1 is 1.10 bits per heavy atom. The van der Waals surface area contributed by atoms with Crippen molar-refractivity contribution < 1.29 is 33.4 Å². The number of carbonyl (C=O) groups is 3. The molecule has 2 aromatic heterocycles. The number of hydrogen-bond donors (Lipinski definition) is 4. The normalized spacial score (nSPS) is 17.4. The lowest BCUT2D eigenvalue weighted by molar-refractivity contribution is -0.172. The molecule has 0 fully saturated rings. The Balaban J connectivity index is 1.21. The van der Waals surface area contributed by atoms with E-state index in [1.165, 1.54) is 6.07 Å². The summed E-state index contributed by atoms with van der Waals surface area (Å²) >= 11 is 0. The standard InChI is InChI=1S/C37H40FN5O7/c1-6-22-23-12-30(49-16-20-8-10-21(11-9-20)41-33(44)19(5)40-34(45)31(39)18(3)4)27(38)14-28(23)42-32-24(22)15-43-29(32)13-26-25(35(43)46)17-50-36(47)37(26,48)7-2/h8-14,18-19,31,48H,6-7,15-17,39H2,1-5H3,(H,40,45)(H,41,44)/t19-,31-,37-/m0/s1. The second kappa shape index (κ2) is 13.3. The number of aliphatic hydroxyl groups is 1. The van der Waals surface area contributed by atoms with Crippen LogP contribution < -0.4 is 26.7 Å². The molecule has 5 N–H and O–H groups in total. The highest BCUT2D eigenvalue weighted by Crippen LogP contribution is 2.41. The summed E-state index contributed by atoms with van der Waals surface area (Å²) < 4.78 is 28.1.